The van der Waals surface area contributed by atoms with Crippen LogP contribution in [0, 0.1) is 11.7 Å². The molecule has 13 heavy (non-hydrogen) atoms. The summed E-state index contributed by atoms with van der Waals surface area (Å²) in [5.41, 5.74) is 0.594. The quantitative estimate of drug-likeness (QED) is 0.696. The maximum absolute atomic E-state index is 13.2. The molecule has 0 fully saturated rings. The second-order valence-corrected chi connectivity index (χ2v) is 3.90. The molecular weight excluding hydrogens is 165 g/mol. The summed E-state index contributed by atoms with van der Waals surface area (Å²) < 4.78 is 13.2. The van der Waals surface area contributed by atoms with Gasteiger partial charge in [0.1, 0.15) is 5.82 Å². The van der Waals surface area contributed by atoms with Crippen LogP contribution in [-0.2, 0) is 0 Å². The molecule has 1 unspecified atom stereocenters. The lowest BCUT2D eigenvalue weighted by molar-refractivity contribution is 0.490. The molecule has 1 aromatic heterocycles. The third-order valence-corrected chi connectivity index (χ3v) is 2.08. The van der Waals surface area contributed by atoms with E-state index in [0.717, 1.165) is 6.42 Å². The molecular formula is C11H16FN. The van der Waals surface area contributed by atoms with E-state index in [2.05, 4.69) is 18.8 Å². The largest absolute Gasteiger partial charge is 0.258 e. The van der Waals surface area contributed by atoms with Crippen molar-refractivity contribution >= 4 is 0 Å². The fourth-order valence-corrected chi connectivity index (χ4v) is 1.58. The fourth-order valence-electron chi connectivity index (χ4n) is 1.58. The molecule has 1 rings (SSSR count). The van der Waals surface area contributed by atoms with Gasteiger partial charge in [-0.2, -0.15) is 0 Å². The van der Waals surface area contributed by atoms with Gasteiger partial charge in [0.2, 0.25) is 0 Å². The van der Waals surface area contributed by atoms with Crippen LogP contribution in [0.4, 0.5) is 4.39 Å². The summed E-state index contributed by atoms with van der Waals surface area (Å²) in [6.07, 6.45) is 2.63. The first-order chi connectivity index (χ1) is 6.11. The minimum absolute atomic E-state index is 0.185. The molecule has 0 aliphatic carbocycles. The van der Waals surface area contributed by atoms with Crippen LogP contribution in [0.2, 0.25) is 0 Å². The summed E-state index contributed by atoms with van der Waals surface area (Å²) in [4.78, 5) is 4.06. The normalized spacial score (nSPS) is 13.3. The molecule has 0 aliphatic rings. The van der Waals surface area contributed by atoms with Crippen molar-refractivity contribution in [1.29, 1.82) is 0 Å². The summed E-state index contributed by atoms with van der Waals surface area (Å²) in [6, 6.07) is 3.10. The standard InChI is InChI=1S/C11H16FN/c1-8(2)7-9(3)11-10(12)5-4-6-13-11/h4-6,8-9H,7H2,1-3H3. The second-order valence-electron chi connectivity index (χ2n) is 3.90. The molecule has 0 N–H and O–H groups in total. The molecule has 1 heterocycles. The highest BCUT2D eigenvalue weighted by atomic mass is 19.1. The van der Waals surface area contributed by atoms with Gasteiger partial charge in [-0.05, 0) is 24.5 Å². The molecule has 1 nitrogen and oxygen atoms in total. The summed E-state index contributed by atoms with van der Waals surface area (Å²) >= 11 is 0. The second kappa shape index (κ2) is 4.35. The van der Waals surface area contributed by atoms with Crippen molar-refractivity contribution in [2.45, 2.75) is 33.1 Å². The van der Waals surface area contributed by atoms with Crippen molar-refractivity contribution in [3.63, 3.8) is 0 Å². The highest BCUT2D eigenvalue weighted by molar-refractivity contribution is 5.11. The first-order valence-electron chi connectivity index (χ1n) is 4.71. The van der Waals surface area contributed by atoms with Gasteiger partial charge >= 0.3 is 0 Å². The van der Waals surface area contributed by atoms with Gasteiger partial charge in [-0.1, -0.05) is 20.8 Å². The van der Waals surface area contributed by atoms with Gasteiger partial charge in [0.15, 0.2) is 0 Å². The van der Waals surface area contributed by atoms with Crippen molar-refractivity contribution in [2.75, 3.05) is 0 Å². The topological polar surface area (TPSA) is 12.9 Å². The molecule has 0 saturated carbocycles. The van der Waals surface area contributed by atoms with Crippen molar-refractivity contribution in [1.82, 2.24) is 4.98 Å². The maximum Gasteiger partial charge on any atom is 0.144 e. The maximum atomic E-state index is 13.2. The number of hydrogen-bond donors (Lipinski definition) is 0. The molecule has 0 amide bonds. The Balaban J connectivity index is 2.76. The summed E-state index contributed by atoms with van der Waals surface area (Å²) in [6.45, 7) is 6.29. The molecule has 0 bridgehead atoms. The smallest absolute Gasteiger partial charge is 0.144 e. The zero-order valence-electron chi connectivity index (χ0n) is 8.42. The van der Waals surface area contributed by atoms with Crippen molar-refractivity contribution in [3.05, 3.63) is 29.8 Å². The third-order valence-electron chi connectivity index (χ3n) is 2.08. The van der Waals surface area contributed by atoms with Gasteiger partial charge in [-0.3, -0.25) is 4.98 Å². The Morgan fingerprint density at radius 2 is 2.08 bits per heavy atom. The SMILES string of the molecule is CC(C)CC(C)c1ncccc1F. The number of rotatable bonds is 3. The van der Waals surface area contributed by atoms with Crippen molar-refractivity contribution in [2.24, 2.45) is 5.92 Å². The van der Waals surface area contributed by atoms with E-state index in [1.165, 1.54) is 6.07 Å². The first-order valence-corrected chi connectivity index (χ1v) is 4.71. The van der Waals surface area contributed by atoms with E-state index in [0.29, 0.717) is 11.6 Å². The van der Waals surface area contributed by atoms with E-state index < -0.39 is 0 Å². The average molecular weight is 181 g/mol. The minimum Gasteiger partial charge on any atom is -0.258 e. The molecule has 0 aromatic carbocycles. The van der Waals surface area contributed by atoms with E-state index in [1.807, 2.05) is 6.92 Å². The van der Waals surface area contributed by atoms with Gasteiger partial charge < -0.3 is 0 Å². The highest BCUT2D eigenvalue weighted by Gasteiger charge is 2.12. The molecule has 72 valence electrons. The van der Waals surface area contributed by atoms with Crippen LogP contribution < -0.4 is 0 Å². The van der Waals surface area contributed by atoms with Crippen LogP contribution in [0.5, 0.6) is 0 Å². The van der Waals surface area contributed by atoms with Crippen LogP contribution in [0.25, 0.3) is 0 Å². The Bertz CT molecular complexity index is 271. The number of hydrogen-bond acceptors (Lipinski definition) is 1. The Hall–Kier alpha value is -0.920. The molecule has 2 heteroatoms. The summed E-state index contributed by atoms with van der Waals surface area (Å²) in [5.74, 6) is 0.605. The van der Waals surface area contributed by atoms with Gasteiger partial charge in [-0.25, -0.2) is 4.39 Å². The molecule has 0 saturated heterocycles. The predicted molar refractivity (Wildman–Crippen MR) is 52.1 cm³/mol. The zero-order valence-corrected chi connectivity index (χ0v) is 8.42. The molecule has 0 aliphatic heterocycles. The number of pyridine rings is 1. The van der Waals surface area contributed by atoms with Crippen LogP contribution in [0.3, 0.4) is 0 Å². The molecule has 1 atom stereocenters. The van der Waals surface area contributed by atoms with E-state index >= 15 is 0 Å². The lowest BCUT2D eigenvalue weighted by Gasteiger charge is -2.13. The van der Waals surface area contributed by atoms with Crippen LogP contribution in [-0.4, -0.2) is 4.98 Å². The summed E-state index contributed by atoms with van der Waals surface area (Å²) in [7, 11) is 0. The Morgan fingerprint density at radius 1 is 1.38 bits per heavy atom. The van der Waals surface area contributed by atoms with Gasteiger partial charge in [-0.15, -0.1) is 0 Å². The van der Waals surface area contributed by atoms with Crippen molar-refractivity contribution in [3.8, 4) is 0 Å². The van der Waals surface area contributed by atoms with Crippen LogP contribution in [0.1, 0.15) is 38.8 Å². The van der Waals surface area contributed by atoms with Gasteiger partial charge in [0.25, 0.3) is 0 Å². The number of nitrogens with zero attached hydrogens (tertiary/aromatic N) is 1. The van der Waals surface area contributed by atoms with E-state index in [1.54, 1.807) is 12.3 Å². The average Bonchev–Trinajstić information content (AvgIpc) is 2.03. The van der Waals surface area contributed by atoms with Gasteiger partial charge in [0, 0.05) is 12.1 Å². The lowest BCUT2D eigenvalue weighted by Crippen LogP contribution is -2.03. The molecule has 0 spiro atoms. The fraction of sp³-hybridized carbons (Fsp3) is 0.545. The lowest BCUT2D eigenvalue weighted by atomic mass is 9.95. The first kappa shape index (κ1) is 10.2. The van der Waals surface area contributed by atoms with Crippen LogP contribution in [0.15, 0.2) is 18.3 Å². The molecule has 1 aromatic rings. The number of aromatic nitrogens is 1. The van der Waals surface area contributed by atoms with E-state index in [-0.39, 0.29) is 11.7 Å². The van der Waals surface area contributed by atoms with E-state index in [4.69, 9.17) is 0 Å². The zero-order chi connectivity index (χ0) is 9.84. The van der Waals surface area contributed by atoms with Crippen molar-refractivity contribution < 1.29 is 4.39 Å². The Morgan fingerprint density at radius 3 is 2.62 bits per heavy atom. The Labute approximate surface area is 79.0 Å². The predicted octanol–water partition coefficient (Wildman–Crippen LogP) is 3.37. The minimum atomic E-state index is -0.185. The Kier molecular flexibility index (Phi) is 3.40. The monoisotopic (exact) mass is 181 g/mol. The highest BCUT2D eigenvalue weighted by Crippen LogP contribution is 2.22. The van der Waals surface area contributed by atoms with E-state index in [9.17, 15) is 4.39 Å². The summed E-state index contributed by atoms with van der Waals surface area (Å²) in [5, 5.41) is 0. The third kappa shape index (κ3) is 2.79. The molecule has 0 radical (unpaired) electrons. The number of halogens is 1. The van der Waals surface area contributed by atoms with Gasteiger partial charge in [0.05, 0.1) is 5.69 Å². The van der Waals surface area contributed by atoms with Crippen LogP contribution >= 0.6 is 0 Å².